The largest absolute Gasteiger partial charge is 0.355 e. The molecule has 1 fully saturated rings. The van der Waals surface area contributed by atoms with Crippen molar-refractivity contribution in [3.63, 3.8) is 0 Å². The number of carbonyl (C=O) groups is 1. The van der Waals surface area contributed by atoms with Crippen molar-refractivity contribution in [2.45, 2.75) is 32.4 Å². The van der Waals surface area contributed by atoms with E-state index in [1.54, 1.807) is 6.33 Å². The molecular formula is C11H18N4O. The van der Waals surface area contributed by atoms with Gasteiger partial charge < -0.3 is 15.2 Å². The van der Waals surface area contributed by atoms with Crippen LogP contribution in [-0.4, -0.2) is 28.5 Å². The molecule has 1 aliphatic heterocycles. The summed E-state index contributed by atoms with van der Waals surface area (Å²) in [7, 11) is 0. The van der Waals surface area contributed by atoms with Crippen LogP contribution in [0.5, 0.6) is 0 Å². The van der Waals surface area contributed by atoms with Crippen molar-refractivity contribution < 1.29 is 4.79 Å². The number of imidazole rings is 1. The summed E-state index contributed by atoms with van der Waals surface area (Å²) < 4.78 is 1.92. The van der Waals surface area contributed by atoms with Gasteiger partial charge in [-0.05, 0) is 26.3 Å². The minimum absolute atomic E-state index is 0.0414. The normalized spacial score (nSPS) is 19.9. The van der Waals surface area contributed by atoms with E-state index in [1.807, 2.05) is 17.7 Å². The molecule has 1 saturated heterocycles. The van der Waals surface area contributed by atoms with E-state index in [0.29, 0.717) is 19.1 Å². The number of aromatic nitrogens is 2. The van der Waals surface area contributed by atoms with Gasteiger partial charge in [0.15, 0.2) is 0 Å². The molecule has 5 nitrogen and oxygen atoms in total. The second-order valence-corrected chi connectivity index (χ2v) is 4.05. The fraction of sp³-hybridized carbons (Fsp3) is 0.636. The molecule has 2 rings (SSSR count). The molecule has 0 spiro atoms. The van der Waals surface area contributed by atoms with Crippen molar-refractivity contribution in [1.29, 1.82) is 0 Å². The van der Waals surface area contributed by atoms with Crippen LogP contribution in [-0.2, 0) is 11.3 Å². The summed E-state index contributed by atoms with van der Waals surface area (Å²) in [5.74, 6) is 0.0414. The topological polar surface area (TPSA) is 59.0 Å². The lowest BCUT2D eigenvalue weighted by molar-refractivity contribution is -0.121. The van der Waals surface area contributed by atoms with Gasteiger partial charge in [-0.2, -0.15) is 0 Å². The lowest BCUT2D eigenvalue weighted by Crippen LogP contribution is -2.28. The van der Waals surface area contributed by atoms with Crippen LogP contribution in [0.4, 0.5) is 0 Å². The molecule has 2 heterocycles. The summed E-state index contributed by atoms with van der Waals surface area (Å²) >= 11 is 0. The Labute approximate surface area is 95.2 Å². The Kier molecular flexibility index (Phi) is 3.56. The molecule has 0 radical (unpaired) electrons. The highest BCUT2D eigenvalue weighted by Crippen LogP contribution is 2.22. The number of hydrogen-bond acceptors (Lipinski definition) is 3. The molecule has 88 valence electrons. The predicted octanol–water partition coefficient (Wildman–Crippen LogP) is 0.444. The fourth-order valence-electron chi connectivity index (χ4n) is 2.10. The Morgan fingerprint density at radius 1 is 1.75 bits per heavy atom. The van der Waals surface area contributed by atoms with Gasteiger partial charge in [-0.1, -0.05) is 0 Å². The molecule has 1 amide bonds. The van der Waals surface area contributed by atoms with Crippen molar-refractivity contribution in [3.05, 3.63) is 18.2 Å². The summed E-state index contributed by atoms with van der Waals surface area (Å²) in [5.41, 5.74) is 1.11. The zero-order valence-corrected chi connectivity index (χ0v) is 9.57. The highest BCUT2D eigenvalue weighted by atomic mass is 16.1. The molecule has 0 aromatic carbocycles. The molecule has 0 bridgehead atoms. The lowest BCUT2D eigenvalue weighted by Gasteiger charge is -2.13. The zero-order chi connectivity index (χ0) is 11.4. The van der Waals surface area contributed by atoms with Crippen LogP contribution in [0.1, 0.15) is 31.5 Å². The van der Waals surface area contributed by atoms with Crippen LogP contribution in [0.2, 0.25) is 0 Å². The highest BCUT2D eigenvalue weighted by Gasteiger charge is 2.20. The third-order valence-corrected chi connectivity index (χ3v) is 2.85. The van der Waals surface area contributed by atoms with Crippen LogP contribution < -0.4 is 10.6 Å². The lowest BCUT2D eigenvalue weighted by atomic mass is 10.2. The minimum atomic E-state index is 0.0414. The van der Waals surface area contributed by atoms with Crippen molar-refractivity contribution in [2.75, 3.05) is 13.1 Å². The van der Waals surface area contributed by atoms with Crippen molar-refractivity contribution >= 4 is 5.91 Å². The Hall–Kier alpha value is -1.36. The molecule has 1 aliphatic rings. The smallest absolute Gasteiger partial charge is 0.239 e. The summed E-state index contributed by atoms with van der Waals surface area (Å²) in [6.07, 6.45) is 5.89. The van der Waals surface area contributed by atoms with Gasteiger partial charge in [0, 0.05) is 18.8 Å². The molecule has 1 aromatic heterocycles. The molecule has 1 unspecified atom stereocenters. The summed E-state index contributed by atoms with van der Waals surface area (Å²) in [5, 5.41) is 6.21. The van der Waals surface area contributed by atoms with Gasteiger partial charge in [0.2, 0.25) is 5.91 Å². The van der Waals surface area contributed by atoms with Gasteiger partial charge >= 0.3 is 0 Å². The van der Waals surface area contributed by atoms with Gasteiger partial charge in [0.1, 0.15) is 6.54 Å². The average Bonchev–Trinajstić information content (AvgIpc) is 2.86. The number of rotatable bonds is 4. The summed E-state index contributed by atoms with van der Waals surface area (Å²) in [6, 6.07) is 0.358. The molecule has 1 atom stereocenters. The second-order valence-electron chi connectivity index (χ2n) is 4.05. The monoisotopic (exact) mass is 222 g/mol. The Bertz CT molecular complexity index is 355. The van der Waals surface area contributed by atoms with Gasteiger partial charge in [0.25, 0.3) is 0 Å². The Morgan fingerprint density at radius 3 is 3.31 bits per heavy atom. The number of nitrogens with zero attached hydrogens (tertiary/aromatic N) is 2. The van der Waals surface area contributed by atoms with Crippen molar-refractivity contribution in [3.8, 4) is 0 Å². The van der Waals surface area contributed by atoms with E-state index >= 15 is 0 Å². The maximum Gasteiger partial charge on any atom is 0.239 e. The third kappa shape index (κ3) is 2.41. The van der Waals surface area contributed by atoms with Crippen LogP contribution >= 0.6 is 0 Å². The van der Waals surface area contributed by atoms with E-state index in [1.165, 1.54) is 6.42 Å². The molecule has 0 saturated carbocycles. The molecule has 2 N–H and O–H groups in total. The summed E-state index contributed by atoms with van der Waals surface area (Å²) in [4.78, 5) is 15.6. The SMILES string of the molecule is CCNC(=O)Cn1cncc1C1CCCN1. The number of nitrogens with one attached hydrogen (secondary N) is 2. The first-order chi connectivity index (χ1) is 7.81. The number of amides is 1. The van der Waals surface area contributed by atoms with E-state index in [2.05, 4.69) is 15.6 Å². The van der Waals surface area contributed by atoms with E-state index in [0.717, 1.165) is 18.7 Å². The van der Waals surface area contributed by atoms with E-state index in [-0.39, 0.29) is 5.91 Å². The maximum absolute atomic E-state index is 11.5. The molecule has 0 aliphatic carbocycles. The summed E-state index contributed by atoms with van der Waals surface area (Å²) in [6.45, 7) is 4.01. The molecule has 1 aromatic rings. The van der Waals surface area contributed by atoms with E-state index < -0.39 is 0 Å². The third-order valence-electron chi connectivity index (χ3n) is 2.85. The van der Waals surface area contributed by atoms with Crippen LogP contribution in [0.3, 0.4) is 0 Å². The quantitative estimate of drug-likeness (QED) is 0.777. The predicted molar refractivity (Wildman–Crippen MR) is 60.9 cm³/mol. The fourth-order valence-corrected chi connectivity index (χ4v) is 2.10. The number of likely N-dealkylation sites (N-methyl/N-ethyl adjacent to an activating group) is 1. The molecule has 5 heteroatoms. The van der Waals surface area contributed by atoms with E-state index in [4.69, 9.17) is 0 Å². The number of carbonyl (C=O) groups excluding carboxylic acids is 1. The first-order valence-electron chi connectivity index (χ1n) is 5.81. The highest BCUT2D eigenvalue weighted by molar-refractivity contribution is 5.75. The second kappa shape index (κ2) is 5.12. The Balaban J connectivity index is 2.03. The average molecular weight is 222 g/mol. The minimum Gasteiger partial charge on any atom is -0.355 e. The maximum atomic E-state index is 11.5. The van der Waals surface area contributed by atoms with Crippen LogP contribution in [0.15, 0.2) is 12.5 Å². The molecular weight excluding hydrogens is 204 g/mol. The van der Waals surface area contributed by atoms with Crippen LogP contribution in [0, 0.1) is 0 Å². The number of hydrogen-bond donors (Lipinski definition) is 2. The van der Waals surface area contributed by atoms with Gasteiger partial charge in [0.05, 0.1) is 12.0 Å². The van der Waals surface area contributed by atoms with Gasteiger partial charge in [-0.15, -0.1) is 0 Å². The van der Waals surface area contributed by atoms with Crippen molar-refractivity contribution in [2.24, 2.45) is 0 Å². The first-order valence-corrected chi connectivity index (χ1v) is 5.81. The zero-order valence-electron chi connectivity index (χ0n) is 9.57. The Morgan fingerprint density at radius 2 is 2.62 bits per heavy atom. The first kappa shape index (κ1) is 11.1. The van der Waals surface area contributed by atoms with Crippen LogP contribution in [0.25, 0.3) is 0 Å². The van der Waals surface area contributed by atoms with Gasteiger partial charge in [-0.25, -0.2) is 4.98 Å². The standard InChI is InChI=1S/C11H18N4O/c1-2-13-11(16)7-15-8-12-6-10(15)9-4-3-5-14-9/h6,8-9,14H,2-5,7H2,1H3,(H,13,16). The van der Waals surface area contributed by atoms with Crippen molar-refractivity contribution in [1.82, 2.24) is 20.2 Å². The van der Waals surface area contributed by atoms with E-state index in [9.17, 15) is 4.79 Å². The van der Waals surface area contributed by atoms with Gasteiger partial charge in [-0.3, -0.25) is 4.79 Å². The molecule has 16 heavy (non-hydrogen) atoms.